The van der Waals surface area contributed by atoms with E-state index in [4.69, 9.17) is 0 Å². The lowest BCUT2D eigenvalue weighted by molar-refractivity contribution is 0.471. The number of fused-ring (bicyclic) bond motifs is 1. The van der Waals surface area contributed by atoms with E-state index >= 15 is 0 Å². The molecule has 1 heterocycles. The van der Waals surface area contributed by atoms with Crippen LogP contribution in [0.4, 0.5) is 0 Å². The molecular formula is C16H13Br2N3O. The average molecular weight is 423 g/mol. The van der Waals surface area contributed by atoms with Crippen LogP contribution >= 0.6 is 31.9 Å². The lowest BCUT2D eigenvalue weighted by Crippen LogP contribution is -1.93. The lowest BCUT2D eigenvalue weighted by Gasteiger charge is -2.02. The third-order valence-corrected chi connectivity index (χ3v) is 4.27. The highest BCUT2D eigenvalue weighted by Gasteiger charge is 2.05. The van der Waals surface area contributed by atoms with Crippen molar-refractivity contribution in [3.8, 4) is 5.75 Å². The molecule has 0 aliphatic rings. The van der Waals surface area contributed by atoms with Gasteiger partial charge in [-0.1, -0.05) is 28.1 Å². The number of aromatic nitrogens is 2. The van der Waals surface area contributed by atoms with E-state index in [1.807, 2.05) is 30.3 Å². The summed E-state index contributed by atoms with van der Waals surface area (Å²) in [6.07, 6.45) is 2.40. The molecule has 3 aromatic rings. The SMILES string of the molecule is Oc1c(Br)cc(Br)cc1C=NCCc1nc2ccccc2[nH]1. The predicted octanol–water partition coefficient (Wildman–Crippen LogP) is 4.46. The van der Waals surface area contributed by atoms with Gasteiger partial charge >= 0.3 is 0 Å². The molecule has 0 saturated heterocycles. The third kappa shape index (κ3) is 3.39. The van der Waals surface area contributed by atoms with Crippen molar-refractivity contribution in [1.82, 2.24) is 9.97 Å². The second-order valence-corrected chi connectivity index (χ2v) is 6.58. The minimum atomic E-state index is 0.190. The molecular weight excluding hydrogens is 410 g/mol. The van der Waals surface area contributed by atoms with Crippen molar-refractivity contribution < 1.29 is 5.11 Å². The molecule has 0 spiro atoms. The van der Waals surface area contributed by atoms with Crippen LogP contribution in [0.3, 0.4) is 0 Å². The number of phenols is 1. The highest BCUT2D eigenvalue weighted by Crippen LogP contribution is 2.30. The number of rotatable bonds is 4. The van der Waals surface area contributed by atoms with E-state index in [2.05, 4.69) is 46.8 Å². The smallest absolute Gasteiger partial charge is 0.138 e. The summed E-state index contributed by atoms with van der Waals surface area (Å²) in [6.45, 7) is 0.601. The number of hydrogen-bond acceptors (Lipinski definition) is 3. The molecule has 0 unspecified atom stereocenters. The first-order valence-electron chi connectivity index (χ1n) is 6.75. The molecule has 6 heteroatoms. The second-order valence-electron chi connectivity index (χ2n) is 4.81. The van der Waals surface area contributed by atoms with Crippen LogP contribution in [0, 0.1) is 0 Å². The Balaban J connectivity index is 1.67. The molecule has 0 aliphatic carbocycles. The Labute approximate surface area is 144 Å². The molecule has 0 fully saturated rings. The van der Waals surface area contributed by atoms with Crippen LogP contribution in [0.25, 0.3) is 11.0 Å². The molecule has 2 aromatic carbocycles. The number of benzene rings is 2. The Morgan fingerprint density at radius 2 is 2.05 bits per heavy atom. The van der Waals surface area contributed by atoms with E-state index in [1.165, 1.54) is 0 Å². The number of H-pyrrole nitrogens is 1. The molecule has 0 aliphatic heterocycles. The molecule has 0 radical (unpaired) electrons. The Hall–Kier alpha value is -1.66. The second kappa shape index (κ2) is 6.62. The zero-order valence-corrected chi connectivity index (χ0v) is 14.7. The zero-order chi connectivity index (χ0) is 15.5. The predicted molar refractivity (Wildman–Crippen MR) is 95.8 cm³/mol. The number of phenolic OH excluding ortho intramolecular Hbond substituents is 1. The molecule has 0 bridgehead atoms. The summed E-state index contributed by atoms with van der Waals surface area (Å²) >= 11 is 6.70. The highest BCUT2D eigenvalue weighted by atomic mass is 79.9. The third-order valence-electron chi connectivity index (χ3n) is 3.20. The van der Waals surface area contributed by atoms with Crippen LogP contribution in [0.15, 0.2) is 50.3 Å². The fourth-order valence-electron chi connectivity index (χ4n) is 2.14. The van der Waals surface area contributed by atoms with Crippen molar-refractivity contribution in [1.29, 1.82) is 0 Å². The molecule has 2 N–H and O–H groups in total. The van der Waals surface area contributed by atoms with Gasteiger partial charge < -0.3 is 10.1 Å². The molecule has 0 atom stereocenters. The number of nitrogens with one attached hydrogen (secondary N) is 1. The van der Waals surface area contributed by atoms with Crippen LogP contribution < -0.4 is 0 Å². The van der Waals surface area contributed by atoms with Gasteiger partial charge in [-0.25, -0.2) is 4.98 Å². The van der Waals surface area contributed by atoms with Crippen molar-refractivity contribution in [2.24, 2.45) is 4.99 Å². The Bertz CT molecular complexity index is 810. The Morgan fingerprint density at radius 1 is 1.23 bits per heavy atom. The first-order chi connectivity index (χ1) is 10.6. The minimum Gasteiger partial charge on any atom is -0.506 e. The number of aromatic hydroxyl groups is 1. The van der Waals surface area contributed by atoms with E-state index in [9.17, 15) is 5.11 Å². The number of aliphatic imine (C=N–C) groups is 1. The summed E-state index contributed by atoms with van der Waals surface area (Å²) in [6, 6.07) is 11.6. The number of halogens is 2. The Morgan fingerprint density at radius 3 is 2.86 bits per heavy atom. The standard InChI is InChI=1S/C16H13Br2N3O/c17-11-7-10(16(22)12(18)8-11)9-19-6-5-15-20-13-3-1-2-4-14(13)21-15/h1-4,7-9,22H,5-6H2,(H,20,21). The van der Waals surface area contributed by atoms with Gasteiger partial charge in [0, 0.05) is 29.2 Å². The Kier molecular flexibility index (Phi) is 4.59. The summed E-state index contributed by atoms with van der Waals surface area (Å²) in [4.78, 5) is 12.1. The summed E-state index contributed by atoms with van der Waals surface area (Å²) < 4.78 is 1.52. The maximum absolute atomic E-state index is 9.96. The van der Waals surface area contributed by atoms with Gasteiger partial charge in [0.1, 0.15) is 11.6 Å². The number of para-hydroxylation sites is 2. The van der Waals surface area contributed by atoms with Gasteiger partial charge in [-0.2, -0.15) is 0 Å². The first-order valence-corrected chi connectivity index (χ1v) is 8.33. The number of aromatic amines is 1. The quantitative estimate of drug-likeness (QED) is 0.610. The van der Waals surface area contributed by atoms with E-state index < -0.39 is 0 Å². The highest BCUT2D eigenvalue weighted by molar-refractivity contribution is 9.11. The van der Waals surface area contributed by atoms with Crippen LogP contribution in [0.1, 0.15) is 11.4 Å². The van der Waals surface area contributed by atoms with Crippen LogP contribution in [0.5, 0.6) is 5.75 Å². The molecule has 0 saturated carbocycles. The molecule has 0 amide bonds. The summed E-state index contributed by atoms with van der Waals surface area (Å²) in [5.74, 6) is 1.11. The number of nitrogens with zero attached hydrogens (tertiary/aromatic N) is 2. The zero-order valence-electron chi connectivity index (χ0n) is 11.6. The molecule has 22 heavy (non-hydrogen) atoms. The first kappa shape index (κ1) is 15.2. The van der Waals surface area contributed by atoms with Gasteiger partial charge in [0.05, 0.1) is 15.5 Å². The number of hydrogen-bond donors (Lipinski definition) is 2. The number of imidazole rings is 1. The molecule has 3 rings (SSSR count). The molecule has 4 nitrogen and oxygen atoms in total. The topological polar surface area (TPSA) is 61.3 Å². The normalized spacial score (nSPS) is 11.5. The van der Waals surface area contributed by atoms with Gasteiger partial charge in [-0.3, -0.25) is 4.99 Å². The maximum Gasteiger partial charge on any atom is 0.138 e. The van der Waals surface area contributed by atoms with Crippen molar-refractivity contribution in [3.05, 3.63) is 56.7 Å². The van der Waals surface area contributed by atoms with Gasteiger partial charge in [-0.15, -0.1) is 0 Å². The van der Waals surface area contributed by atoms with E-state index in [1.54, 1.807) is 12.3 Å². The fourth-order valence-corrected chi connectivity index (χ4v) is 3.40. The minimum absolute atomic E-state index is 0.190. The van der Waals surface area contributed by atoms with E-state index in [0.29, 0.717) is 16.6 Å². The van der Waals surface area contributed by atoms with Crippen LogP contribution in [-0.2, 0) is 6.42 Å². The van der Waals surface area contributed by atoms with Crippen molar-refractivity contribution in [2.45, 2.75) is 6.42 Å². The van der Waals surface area contributed by atoms with Crippen molar-refractivity contribution in [2.75, 3.05) is 6.54 Å². The van der Waals surface area contributed by atoms with Gasteiger partial charge in [0.25, 0.3) is 0 Å². The monoisotopic (exact) mass is 421 g/mol. The molecule has 1 aromatic heterocycles. The van der Waals surface area contributed by atoms with Gasteiger partial charge in [0.15, 0.2) is 0 Å². The van der Waals surface area contributed by atoms with Crippen molar-refractivity contribution >= 4 is 49.1 Å². The summed E-state index contributed by atoms with van der Waals surface area (Å²) in [5.41, 5.74) is 2.68. The van der Waals surface area contributed by atoms with Crippen LogP contribution in [0.2, 0.25) is 0 Å². The summed E-state index contributed by atoms with van der Waals surface area (Å²) in [7, 11) is 0. The van der Waals surface area contributed by atoms with Gasteiger partial charge in [0.2, 0.25) is 0 Å². The van der Waals surface area contributed by atoms with E-state index in [0.717, 1.165) is 27.8 Å². The van der Waals surface area contributed by atoms with Crippen molar-refractivity contribution in [3.63, 3.8) is 0 Å². The van der Waals surface area contributed by atoms with E-state index in [-0.39, 0.29) is 5.75 Å². The lowest BCUT2D eigenvalue weighted by atomic mass is 10.2. The maximum atomic E-state index is 9.96. The fraction of sp³-hybridized carbons (Fsp3) is 0.125. The average Bonchev–Trinajstić information content (AvgIpc) is 2.91. The summed E-state index contributed by atoms with van der Waals surface area (Å²) in [5, 5.41) is 9.96. The molecule has 112 valence electrons. The van der Waals surface area contributed by atoms with Crippen LogP contribution in [-0.4, -0.2) is 27.8 Å². The van der Waals surface area contributed by atoms with Gasteiger partial charge in [-0.05, 0) is 40.2 Å². The largest absolute Gasteiger partial charge is 0.506 e.